The average molecular weight is 244 g/mol. The zero-order valence-corrected chi connectivity index (χ0v) is 10.3. The van der Waals surface area contributed by atoms with Crippen molar-refractivity contribution in [1.29, 1.82) is 0 Å². The molecular weight excluding hydrogens is 228 g/mol. The Bertz CT molecular complexity index is 612. The average Bonchev–Trinajstić information content (AvgIpc) is 2.61. The van der Waals surface area contributed by atoms with Crippen LogP contribution in [-0.2, 0) is 11.3 Å². The summed E-state index contributed by atoms with van der Waals surface area (Å²) in [5.74, 6) is -0.464. The molecule has 2 aromatic rings. The van der Waals surface area contributed by atoms with Crippen LogP contribution in [0.2, 0.25) is 0 Å². The summed E-state index contributed by atoms with van der Waals surface area (Å²) >= 11 is 0. The van der Waals surface area contributed by atoms with Gasteiger partial charge >= 0.3 is 0 Å². The summed E-state index contributed by atoms with van der Waals surface area (Å²) in [7, 11) is 0. The first-order chi connectivity index (χ1) is 8.65. The Balaban J connectivity index is 2.65. The van der Waals surface area contributed by atoms with Gasteiger partial charge in [0.15, 0.2) is 0 Å². The van der Waals surface area contributed by atoms with Gasteiger partial charge in [0.1, 0.15) is 0 Å². The van der Waals surface area contributed by atoms with Gasteiger partial charge in [-0.1, -0.05) is 18.2 Å². The molecule has 2 rings (SSSR count). The fraction of sp³-hybridized carbons (Fsp3) is 0.214. The number of para-hydroxylation sites is 1. The van der Waals surface area contributed by atoms with Crippen molar-refractivity contribution in [3.05, 3.63) is 41.6 Å². The van der Waals surface area contributed by atoms with Crippen LogP contribution in [0.5, 0.6) is 0 Å². The SMILES string of the molecule is Cc1c(/C=C/C(N)=O)c2ccccc2n1CCO. The van der Waals surface area contributed by atoms with Crippen LogP contribution < -0.4 is 5.73 Å². The van der Waals surface area contributed by atoms with E-state index in [1.165, 1.54) is 6.08 Å². The fourth-order valence-corrected chi connectivity index (χ4v) is 2.22. The first kappa shape index (κ1) is 12.4. The Morgan fingerprint density at radius 3 is 2.83 bits per heavy atom. The van der Waals surface area contributed by atoms with Gasteiger partial charge < -0.3 is 15.4 Å². The van der Waals surface area contributed by atoms with Crippen molar-refractivity contribution in [2.24, 2.45) is 5.73 Å². The molecule has 4 heteroatoms. The maximum Gasteiger partial charge on any atom is 0.241 e. The molecule has 3 N–H and O–H groups in total. The van der Waals surface area contributed by atoms with Gasteiger partial charge in [-0.05, 0) is 19.1 Å². The quantitative estimate of drug-likeness (QED) is 0.799. The molecule has 0 saturated carbocycles. The van der Waals surface area contributed by atoms with E-state index < -0.39 is 5.91 Å². The van der Waals surface area contributed by atoms with Crippen molar-refractivity contribution < 1.29 is 9.90 Å². The van der Waals surface area contributed by atoms with Crippen LogP contribution in [0.25, 0.3) is 17.0 Å². The molecule has 1 aromatic heterocycles. The predicted molar refractivity (Wildman–Crippen MR) is 72.0 cm³/mol. The second-order valence-electron chi connectivity index (χ2n) is 4.13. The molecule has 0 aliphatic heterocycles. The maximum atomic E-state index is 10.8. The first-order valence-corrected chi connectivity index (χ1v) is 5.81. The molecule has 4 nitrogen and oxygen atoms in total. The van der Waals surface area contributed by atoms with Crippen molar-refractivity contribution in [1.82, 2.24) is 4.57 Å². The van der Waals surface area contributed by atoms with Crippen LogP contribution in [0, 0.1) is 6.92 Å². The van der Waals surface area contributed by atoms with E-state index >= 15 is 0 Å². The monoisotopic (exact) mass is 244 g/mol. The predicted octanol–water partition coefficient (Wildman–Crippen LogP) is 1.44. The van der Waals surface area contributed by atoms with E-state index in [0.29, 0.717) is 6.54 Å². The Morgan fingerprint density at radius 1 is 1.44 bits per heavy atom. The highest BCUT2D eigenvalue weighted by atomic mass is 16.3. The summed E-state index contributed by atoms with van der Waals surface area (Å²) in [5.41, 5.74) is 8.16. The maximum absolute atomic E-state index is 10.8. The molecule has 1 amide bonds. The van der Waals surface area contributed by atoms with E-state index in [0.717, 1.165) is 22.2 Å². The lowest BCUT2D eigenvalue weighted by atomic mass is 10.1. The summed E-state index contributed by atoms with van der Waals surface area (Å²) < 4.78 is 2.04. The summed E-state index contributed by atoms with van der Waals surface area (Å²) in [4.78, 5) is 10.8. The summed E-state index contributed by atoms with van der Waals surface area (Å²) in [5, 5.41) is 10.2. The molecule has 0 aliphatic rings. The molecule has 0 radical (unpaired) electrons. The number of benzene rings is 1. The molecular formula is C14H16N2O2. The minimum Gasteiger partial charge on any atom is -0.395 e. The second-order valence-corrected chi connectivity index (χ2v) is 4.13. The normalized spacial score (nSPS) is 11.4. The highest BCUT2D eigenvalue weighted by Crippen LogP contribution is 2.26. The largest absolute Gasteiger partial charge is 0.395 e. The molecule has 0 saturated heterocycles. The van der Waals surface area contributed by atoms with Crippen molar-refractivity contribution in [3.63, 3.8) is 0 Å². The van der Waals surface area contributed by atoms with E-state index in [1.54, 1.807) is 6.08 Å². The smallest absolute Gasteiger partial charge is 0.241 e. The van der Waals surface area contributed by atoms with Gasteiger partial charge in [-0.2, -0.15) is 0 Å². The van der Waals surface area contributed by atoms with Crippen molar-refractivity contribution >= 4 is 22.9 Å². The molecule has 0 unspecified atom stereocenters. The zero-order valence-electron chi connectivity index (χ0n) is 10.3. The molecule has 94 valence electrons. The lowest BCUT2D eigenvalue weighted by Gasteiger charge is -2.05. The molecule has 0 aliphatic carbocycles. The van der Waals surface area contributed by atoms with Crippen LogP contribution in [0.3, 0.4) is 0 Å². The molecule has 1 heterocycles. The Labute approximate surface area is 105 Å². The molecule has 0 bridgehead atoms. The van der Waals surface area contributed by atoms with Crippen LogP contribution >= 0.6 is 0 Å². The number of carbonyl (C=O) groups excluding carboxylic acids is 1. The van der Waals surface area contributed by atoms with Gasteiger partial charge in [-0.3, -0.25) is 4.79 Å². The molecule has 18 heavy (non-hydrogen) atoms. The molecule has 0 spiro atoms. The Kier molecular flexibility index (Phi) is 3.48. The lowest BCUT2D eigenvalue weighted by molar-refractivity contribution is -0.113. The number of rotatable bonds is 4. The summed E-state index contributed by atoms with van der Waals surface area (Å²) in [6.07, 6.45) is 3.09. The number of hydrogen-bond donors (Lipinski definition) is 2. The van der Waals surface area contributed by atoms with Gasteiger partial charge in [0.25, 0.3) is 0 Å². The number of hydrogen-bond acceptors (Lipinski definition) is 2. The first-order valence-electron chi connectivity index (χ1n) is 5.81. The van der Waals surface area contributed by atoms with Crippen LogP contribution in [-0.4, -0.2) is 22.2 Å². The number of carbonyl (C=O) groups is 1. The molecule has 0 atom stereocenters. The van der Waals surface area contributed by atoms with E-state index in [2.05, 4.69) is 0 Å². The number of primary amides is 1. The van der Waals surface area contributed by atoms with Gasteiger partial charge in [0.05, 0.1) is 6.61 Å². The third kappa shape index (κ3) is 2.15. The highest BCUT2D eigenvalue weighted by Gasteiger charge is 2.10. The lowest BCUT2D eigenvalue weighted by Crippen LogP contribution is -2.05. The van der Waals surface area contributed by atoms with Crippen LogP contribution in [0.4, 0.5) is 0 Å². The van der Waals surface area contributed by atoms with Gasteiger partial charge in [-0.25, -0.2) is 0 Å². The highest BCUT2D eigenvalue weighted by molar-refractivity contribution is 5.96. The van der Waals surface area contributed by atoms with Crippen molar-refractivity contribution in [2.45, 2.75) is 13.5 Å². The number of nitrogens with zero attached hydrogens (tertiary/aromatic N) is 1. The van der Waals surface area contributed by atoms with E-state index in [-0.39, 0.29) is 6.61 Å². The summed E-state index contributed by atoms with van der Waals surface area (Å²) in [6.45, 7) is 2.59. The molecule has 0 fully saturated rings. The number of aliphatic hydroxyl groups is 1. The van der Waals surface area contributed by atoms with Crippen molar-refractivity contribution in [2.75, 3.05) is 6.61 Å². The van der Waals surface area contributed by atoms with Crippen LogP contribution in [0.15, 0.2) is 30.3 Å². The topological polar surface area (TPSA) is 68.2 Å². The molecule has 1 aromatic carbocycles. The van der Waals surface area contributed by atoms with Gasteiger partial charge in [0, 0.05) is 34.8 Å². The fourth-order valence-electron chi connectivity index (χ4n) is 2.22. The minimum absolute atomic E-state index is 0.0818. The summed E-state index contributed by atoms with van der Waals surface area (Å²) in [6, 6.07) is 7.90. The van der Waals surface area contributed by atoms with E-state index in [1.807, 2.05) is 35.8 Å². The third-order valence-corrected chi connectivity index (χ3v) is 3.02. The van der Waals surface area contributed by atoms with Gasteiger partial charge in [0.2, 0.25) is 5.91 Å². The van der Waals surface area contributed by atoms with Crippen LogP contribution in [0.1, 0.15) is 11.3 Å². The number of aromatic nitrogens is 1. The number of amides is 1. The Morgan fingerprint density at radius 2 is 2.17 bits per heavy atom. The number of aliphatic hydroxyl groups excluding tert-OH is 1. The Hall–Kier alpha value is -2.07. The van der Waals surface area contributed by atoms with E-state index in [9.17, 15) is 4.79 Å². The minimum atomic E-state index is -0.464. The second kappa shape index (κ2) is 5.06. The van der Waals surface area contributed by atoms with Crippen molar-refractivity contribution in [3.8, 4) is 0 Å². The number of nitrogens with two attached hydrogens (primary N) is 1. The standard InChI is InChI=1S/C14H16N2O2/c1-10-11(6-7-14(15)18)12-4-2-3-5-13(12)16(10)8-9-17/h2-7,17H,8-9H2,1H3,(H2,15,18)/b7-6+. The third-order valence-electron chi connectivity index (χ3n) is 3.02. The van der Waals surface area contributed by atoms with Gasteiger partial charge in [-0.15, -0.1) is 0 Å². The number of fused-ring (bicyclic) bond motifs is 1. The van der Waals surface area contributed by atoms with E-state index in [4.69, 9.17) is 10.8 Å². The zero-order chi connectivity index (χ0) is 13.1.